The molecule has 0 aromatic carbocycles. The smallest absolute Gasteiger partial charge is 0.421 e. The van der Waals surface area contributed by atoms with E-state index >= 15 is 0 Å². The second-order valence-corrected chi connectivity index (χ2v) is 19.7. The molecule has 0 saturated heterocycles. The van der Waals surface area contributed by atoms with Crippen molar-refractivity contribution >= 4 is 64.8 Å². The Labute approximate surface area is 283 Å². The predicted molar refractivity (Wildman–Crippen MR) is 185 cm³/mol. The third-order valence-electron chi connectivity index (χ3n) is 6.14. The normalized spacial score (nSPS) is 17.9. The number of alkyl halides is 1. The van der Waals surface area contributed by atoms with Crippen LogP contribution in [0, 0.1) is 0 Å². The highest BCUT2D eigenvalue weighted by Gasteiger charge is 2.54. The van der Waals surface area contributed by atoms with E-state index in [4.69, 9.17) is 14.6 Å². The third-order valence-corrected chi connectivity index (χ3v) is 12.5. The van der Waals surface area contributed by atoms with Gasteiger partial charge >= 0.3 is 12.2 Å². The van der Waals surface area contributed by atoms with E-state index < -0.39 is 68.2 Å². The Morgan fingerprint density at radius 3 is 1.38 bits per heavy atom. The van der Waals surface area contributed by atoms with Gasteiger partial charge in [0.1, 0.15) is 11.2 Å². The molecule has 3 fully saturated rings. The fourth-order valence-electron chi connectivity index (χ4n) is 3.39. The first-order chi connectivity index (χ1) is 20.3. The van der Waals surface area contributed by atoms with E-state index in [1.54, 1.807) is 53.7 Å². The Morgan fingerprint density at radius 1 is 0.778 bits per heavy atom. The summed E-state index contributed by atoms with van der Waals surface area (Å²) < 4.78 is 81.3. The summed E-state index contributed by atoms with van der Waals surface area (Å²) in [5.74, 6) is 0. The zero-order chi connectivity index (χ0) is 35.5. The van der Waals surface area contributed by atoms with Gasteiger partial charge in [0.2, 0.25) is 30.1 Å². The molecule has 3 rings (SSSR count). The summed E-state index contributed by atoms with van der Waals surface area (Å²) in [7, 11) is -10.5. The fourth-order valence-corrected chi connectivity index (χ4v) is 7.06. The van der Waals surface area contributed by atoms with Gasteiger partial charge in [0.25, 0.3) is 0 Å². The summed E-state index contributed by atoms with van der Waals surface area (Å²) in [5.41, 5.74) is -1.39. The molecule has 0 spiro atoms. The van der Waals surface area contributed by atoms with Crippen LogP contribution in [0.15, 0.2) is 38.0 Å². The van der Waals surface area contributed by atoms with E-state index in [1.807, 2.05) is 15.5 Å². The zero-order valence-corrected chi connectivity index (χ0v) is 31.7. The maximum absolute atomic E-state index is 11.9. The first-order valence-electron chi connectivity index (χ1n) is 14.2. The molecule has 0 bridgehead atoms. The van der Waals surface area contributed by atoms with E-state index in [9.17, 15) is 34.8 Å². The van der Waals surface area contributed by atoms with Crippen LogP contribution in [0.2, 0.25) is 0 Å². The van der Waals surface area contributed by atoms with Crippen LogP contribution < -0.4 is 14.6 Å². The lowest BCUT2D eigenvalue weighted by Gasteiger charge is -2.21. The maximum Gasteiger partial charge on any atom is 0.421 e. The van der Waals surface area contributed by atoms with Gasteiger partial charge in [0, 0.05) is 4.43 Å². The van der Waals surface area contributed by atoms with Crippen LogP contribution in [-0.4, -0.2) is 67.8 Å². The van der Waals surface area contributed by atoms with Gasteiger partial charge in [-0.3, -0.25) is 0 Å². The van der Waals surface area contributed by atoms with Gasteiger partial charge in [0.05, 0.1) is 14.7 Å². The van der Waals surface area contributed by atoms with Crippen molar-refractivity contribution in [2.75, 3.05) is 4.43 Å². The lowest BCUT2D eigenvalue weighted by Crippen LogP contribution is -2.42. The standard InChI is InChI=1S/C11H19NO4S.C8H15NO4S.C6H11NO2S.C3H5I/c1-5-6-11(7-8-11)17(14,15)12-9(13)16-10(2,3)4;1-8(2,3)13-7(10)9-14(11,12)6-4-5-6;1-2-3-6(4-5-6)10(7,8)9;1-2-3-4/h5H,1,6-8H2,2-4H3,(H,12,13);6H,4-5H2,1-3H3,(H,9,10);2H,1,3-5H2,(H2,7,8,9);2H,1,3H2. The molecule has 0 unspecified atom stereocenters. The highest BCUT2D eigenvalue weighted by Crippen LogP contribution is 2.46. The average Bonchev–Trinajstić information content (AvgIpc) is 3.69. The Balaban J connectivity index is 0.000000624. The molecule has 0 atom stereocenters. The number of allylic oxidation sites excluding steroid dienone is 3. The summed E-state index contributed by atoms with van der Waals surface area (Å²) in [4.78, 5) is 22.5. The minimum Gasteiger partial charge on any atom is -0.443 e. The number of nitrogens with two attached hydrogens (primary N) is 1. The predicted octanol–water partition coefficient (Wildman–Crippen LogP) is 4.94. The zero-order valence-electron chi connectivity index (χ0n) is 27.1. The van der Waals surface area contributed by atoms with Crippen LogP contribution >= 0.6 is 22.6 Å². The number of ether oxygens (including phenoxy) is 2. The van der Waals surface area contributed by atoms with Crippen molar-refractivity contribution in [3.8, 4) is 0 Å². The number of halogens is 1. The Hall–Kier alpha value is -1.70. The van der Waals surface area contributed by atoms with Crippen LogP contribution in [0.1, 0.15) is 92.9 Å². The minimum atomic E-state index is -3.68. The van der Waals surface area contributed by atoms with Gasteiger partial charge in [-0.05, 0) is 92.9 Å². The van der Waals surface area contributed by atoms with Gasteiger partial charge in [-0.2, -0.15) is 0 Å². The molecular weight excluding hydrogens is 761 g/mol. The van der Waals surface area contributed by atoms with E-state index in [0.717, 1.165) is 4.43 Å². The SMILES string of the molecule is C=CCC1(S(=O)(=O)NC(=O)OC(C)(C)C)CC1.C=CCC1(S(N)(=O)=O)CC1.C=CCI.CC(C)(C)OC(=O)NS(=O)(=O)C1CC1. The van der Waals surface area contributed by atoms with E-state index in [1.165, 1.54) is 0 Å². The van der Waals surface area contributed by atoms with E-state index in [2.05, 4.69) is 42.3 Å². The van der Waals surface area contributed by atoms with Crippen LogP contribution in [-0.2, 0) is 39.5 Å². The number of carbonyl (C=O) groups is 2. The number of sulfonamides is 3. The van der Waals surface area contributed by atoms with Crippen molar-refractivity contribution < 1.29 is 44.3 Å². The molecule has 3 aliphatic rings. The molecule has 4 N–H and O–H groups in total. The summed E-state index contributed by atoms with van der Waals surface area (Å²) in [6, 6.07) is 0. The second-order valence-electron chi connectivity index (χ2n) is 12.8. The number of nitrogens with one attached hydrogen (secondary N) is 2. The quantitative estimate of drug-likeness (QED) is 0.154. The van der Waals surface area contributed by atoms with Crippen LogP contribution in [0.3, 0.4) is 0 Å². The molecule has 0 aromatic rings. The molecule has 0 aromatic heterocycles. The van der Waals surface area contributed by atoms with Crippen molar-refractivity contribution in [2.24, 2.45) is 5.14 Å². The number of hydrogen-bond acceptors (Lipinski definition) is 10. The van der Waals surface area contributed by atoms with E-state index in [-0.39, 0.29) is 0 Å². The van der Waals surface area contributed by atoms with Crippen LogP contribution in [0.25, 0.3) is 0 Å². The Kier molecular flexibility index (Phi) is 16.3. The molecule has 262 valence electrons. The number of carbonyl (C=O) groups excluding carboxylic acids is 2. The molecule has 13 nitrogen and oxygen atoms in total. The van der Waals surface area contributed by atoms with E-state index in [0.29, 0.717) is 51.4 Å². The van der Waals surface area contributed by atoms with Crippen molar-refractivity contribution in [3.63, 3.8) is 0 Å². The third kappa shape index (κ3) is 16.6. The number of rotatable bonds is 10. The van der Waals surface area contributed by atoms with Crippen molar-refractivity contribution in [2.45, 2.75) is 119 Å². The lowest BCUT2D eigenvalue weighted by atomic mass is 10.2. The molecule has 17 heteroatoms. The van der Waals surface area contributed by atoms with Gasteiger partial charge in [0.15, 0.2) is 0 Å². The monoisotopic (exact) mass is 811 g/mol. The van der Waals surface area contributed by atoms with Gasteiger partial charge in [-0.15, -0.1) is 19.7 Å². The first kappa shape index (κ1) is 43.3. The van der Waals surface area contributed by atoms with Crippen molar-refractivity contribution in [3.05, 3.63) is 38.0 Å². The largest absolute Gasteiger partial charge is 0.443 e. The first-order valence-corrected chi connectivity index (χ1v) is 20.3. The average molecular weight is 812 g/mol. The van der Waals surface area contributed by atoms with Crippen LogP contribution in [0.5, 0.6) is 0 Å². The molecule has 2 amide bonds. The number of primary sulfonamides is 1. The molecule has 0 heterocycles. The molecule has 0 radical (unpaired) electrons. The Bertz CT molecular complexity index is 1370. The summed E-state index contributed by atoms with van der Waals surface area (Å²) in [6.45, 7) is 20.5. The Morgan fingerprint density at radius 2 is 1.13 bits per heavy atom. The molecule has 3 aliphatic carbocycles. The van der Waals surface area contributed by atoms with Crippen molar-refractivity contribution in [1.82, 2.24) is 9.44 Å². The van der Waals surface area contributed by atoms with Gasteiger partial charge in [-0.25, -0.2) is 49.4 Å². The second kappa shape index (κ2) is 16.9. The molecule has 3 saturated carbocycles. The van der Waals surface area contributed by atoms with Gasteiger partial charge in [-0.1, -0.05) is 40.8 Å². The molecule has 45 heavy (non-hydrogen) atoms. The van der Waals surface area contributed by atoms with Crippen molar-refractivity contribution in [1.29, 1.82) is 0 Å². The molecular formula is C28H50IN3O10S3. The highest BCUT2D eigenvalue weighted by atomic mass is 127. The summed E-state index contributed by atoms with van der Waals surface area (Å²) in [6.07, 6.45) is 7.79. The van der Waals surface area contributed by atoms with Gasteiger partial charge < -0.3 is 9.47 Å². The summed E-state index contributed by atoms with van der Waals surface area (Å²) >= 11 is 2.23. The lowest BCUT2D eigenvalue weighted by molar-refractivity contribution is 0.0557. The highest BCUT2D eigenvalue weighted by molar-refractivity contribution is 14.1. The topological polar surface area (TPSA) is 205 Å². The van der Waals surface area contributed by atoms with Crippen LogP contribution in [0.4, 0.5) is 9.59 Å². The molecule has 0 aliphatic heterocycles. The fraction of sp³-hybridized carbons (Fsp3) is 0.714. The summed E-state index contributed by atoms with van der Waals surface area (Å²) in [5, 5.41) is 4.58. The maximum atomic E-state index is 11.9. The number of amides is 2. The number of hydrogen-bond donors (Lipinski definition) is 3. The minimum absolute atomic E-state index is 0.352.